The number of benzene rings is 8. The molecule has 0 amide bonds. The highest BCUT2D eigenvalue weighted by Crippen LogP contribution is 2.56. The summed E-state index contributed by atoms with van der Waals surface area (Å²) in [7, 11) is 0. The minimum absolute atomic E-state index is 0.0125. The molecule has 0 saturated heterocycles. The molecule has 87 heavy (non-hydrogen) atoms. The lowest BCUT2D eigenvalue weighted by Gasteiger charge is -2.46. The van der Waals surface area contributed by atoms with Gasteiger partial charge in [0.15, 0.2) is 0 Å². The van der Waals surface area contributed by atoms with E-state index < -0.39 is 0 Å². The van der Waals surface area contributed by atoms with Crippen LogP contribution in [0.1, 0.15) is 209 Å². The number of anilines is 8. The highest BCUT2D eigenvalue weighted by molar-refractivity contribution is 6.95. The predicted octanol–water partition coefficient (Wildman–Crippen LogP) is 22.2. The molecule has 1 aromatic heterocycles. The maximum atomic E-state index is 7.87. The second-order valence-corrected chi connectivity index (χ2v) is 33.3. The summed E-state index contributed by atoms with van der Waals surface area (Å²) in [6.07, 6.45) is 4.54. The van der Waals surface area contributed by atoms with Crippen molar-refractivity contribution in [2.75, 3.05) is 14.6 Å². The molecule has 0 N–H and O–H groups in total. The average molecular weight is 1150 g/mol. The van der Waals surface area contributed by atoms with Crippen molar-refractivity contribution in [2.24, 2.45) is 0 Å². The fourth-order valence-corrected chi connectivity index (χ4v) is 15.1. The molecule has 446 valence electrons. The van der Waals surface area contributed by atoms with Crippen molar-refractivity contribution in [1.29, 1.82) is 0 Å². The number of fused-ring (bicyclic) bond motifs is 8. The number of hydrogen-bond donors (Lipinski definition) is 0. The van der Waals surface area contributed by atoms with Crippen molar-refractivity contribution in [3.63, 3.8) is 0 Å². The number of nitrogens with zero attached hydrogens (tertiary/aromatic N) is 3. The Morgan fingerprint density at radius 3 is 1.43 bits per heavy atom. The zero-order valence-corrected chi connectivity index (χ0v) is 56.2. The lowest BCUT2D eigenvalue weighted by Crippen LogP contribution is -2.61. The average Bonchev–Trinajstić information content (AvgIpc) is 1.67. The summed E-state index contributed by atoms with van der Waals surface area (Å²) >= 11 is 0. The van der Waals surface area contributed by atoms with Gasteiger partial charge in [0, 0.05) is 56.1 Å². The van der Waals surface area contributed by atoms with Crippen molar-refractivity contribution >= 4 is 74.4 Å². The van der Waals surface area contributed by atoms with Crippen molar-refractivity contribution in [2.45, 2.75) is 207 Å². The van der Waals surface area contributed by atoms with Gasteiger partial charge >= 0.3 is 6.85 Å². The number of hydrogen-bond acceptors (Lipinski definition) is 4. The van der Waals surface area contributed by atoms with Crippen molar-refractivity contribution in [3.05, 3.63) is 202 Å². The maximum Gasteiger partial charge on any atom is 0.337 e. The molecule has 9 aromatic rings. The van der Waals surface area contributed by atoms with E-state index in [0.717, 1.165) is 65.6 Å². The summed E-state index contributed by atoms with van der Waals surface area (Å²) in [4.78, 5) is 7.80. The largest absolute Gasteiger partial charge is 0.440 e. The van der Waals surface area contributed by atoms with Crippen LogP contribution >= 0.6 is 0 Å². The summed E-state index contributed by atoms with van der Waals surface area (Å²) in [6.45, 7) is 47.4. The van der Waals surface area contributed by atoms with E-state index in [1.165, 1.54) is 94.4 Å². The van der Waals surface area contributed by atoms with Gasteiger partial charge in [0.1, 0.15) is 5.58 Å². The van der Waals surface area contributed by atoms with E-state index in [4.69, 9.17) is 4.42 Å². The summed E-state index contributed by atoms with van der Waals surface area (Å²) in [5.74, 6) is 0.895. The molecule has 5 heteroatoms. The van der Waals surface area contributed by atoms with Crippen molar-refractivity contribution in [1.82, 2.24) is 0 Å². The normalized spacial score (nSPS) is 17.3. The second-order valence-electron chi connectivity index (χ2n) is 33.3. The molecule has 4 nitrogen and oxygen atoms in total. The van der Waals surface area contributed by atoms with Gasteiger partial charge in [-0.2, -0.15) is 0 Å². The van der Waals surface area contributed by atoms with Crippen molar-refractivity contribution in [3.8, 4) is 22.3 Å². The highest BCUT2D eigenvalue weighted by atomic mass is 16.4. The predicted molar refractivity (Wildman–Crippen MR) is 375 cm³/mol. The number of furan rings is 1. The zero-order valence-electron chi connectivity index (χ0n) is 56.2. The minimum atomic E-state index is -0.259. The van der Waals surface area contributed by atoms with E-state index in [-0.39, 0.29) is 50.2 Å². The van der Waals surface area contributed by atoms with E-state index in [1.807, 2.05) is 0 Å². The molecule has 13 rings (SSSR count). The van der Waals surface area contributed by atoms with Gasteiger partial charge in [0.2, 0.25) is 5.88 Å². The third-order valence-electron chi connectivity index (χ3n) is 21.0. The molecular weight excluding hydrogens is 1050 g/mol. The monoisotopic (exact) mass is 1150 g/mol. The first-order chi connectivity index (χ1) is 40.6. The Bertz CT molecular complexity index is 4140. The third kappa shape index (κ3) is 9.79. The molecule has 2 aliphatic heterocycles. The van der Waals surface area contributed by atoms with Crippen LogP contribution in [0.3, 0.4) is 0 Å². The fourth-order valence-electron chi connectivity index (χ4n) is 15.1. The summed E-state index contributed by atoms with van der Waals surface area (Å²) < 4.78 is 7.87. The number of rotatable bonds is 6. The van der Waals surface area contributed by atoms with Gasteiger partial charge in [-0.1, -0.05) is 211 Å². The molecule has 8 aromatic carbocycles. The first-order valence-corrected chi connectivity index (χ1v) is 32.5. The van der Waals surface area contributed by atoms with Crippen LogP contribution in [0, 0.1) is 0 Å². The summed E-state index contributed by atoms with van der Waals surface area (Å²) in [5.41, 5.74) is 27.0. The van der Waals surface area contributed by atoms with Gasteiger partial charge in [-0.15, -0.1) is 0 Å². The maximum absolute atomic E-state index is 7.87. The van der Waals surface area contributed by atoms with Gasteiger partial charge in [-0.05, 0) is 215 Å². The molecule has 0 unspecified atom stereocenters. The van der Waals surface area contributed by atoms with Gasteiger partial charge < -0.3 is 14.1 Å². The molecule has 0 atom stereocenters. The standard InChI is InChI=1S/C82H94BN3O/c1-75(2,3)52-26-31-56(32-27-52)84(57-33-28-53(29-34-57)76(4,5)6)58-36-39-69-61(47-58)62-45-55(78(10,11)12)46-70-72(62)83(86(69)59-35-37-64-65(48-59)80(15,16)41-40-79(64,13)14)73-63-49-66-67(82(19,20)43-42-81(66,17)18)50-71(63)87-74(73)85(70)68-38-30-54(77(7,8)9)44-60(68)51-24-22-21-23-25-51/h21-39,44-50H,40-43H2,1-20H3. The molecule has 0 bridgehead atoms. The third-order valence-corrected chi connectivity index (χ3v) is 21.0. The van der Waals surface area contributed by atoms with Gasteiger partial charge in [0.25, 0.3) is 0 Å². The first kappa shape index (κ1) is 58.8. The minimum Gasteiger partial charge on any atom is -0.440 e. The Labute approximate surface area is 522 Å². The van der Waals surface area contributed by atoms with Crippen LogP contribution in [-0.4, -0.2) is 6.85 Å². The molecule has 0 fully saturated rings. The van der Waals surface area contributed by atoms with E-state index in [0.29, 0.717) is 0 Å². The van der Waals surface area contributed by atoms with E-state index in [1.54, 1.807) is 0 Å². The molecule has 3 heterocycles. The Balaban J connectivity index is 1.18. The fraction of sp³-hybridized carbons (Fsp3) is 0.390. The van der Waals surface area contributed by atoms with Crippen LogP contribution < -0.4 is 25.5 Å². The molecular formula is C82H94BN3O. The van der Waals surface area contributed by atoms with E-state index in [2.05, 4.69) is 311 Å². The van der Waals surface area contributed by atoms with Crippen LogP contribution in [0.2, 0.25) is 0 Å². The van der Waals surface area contributed by atoms with Gasteiger partial charge in [0.05, 0.1) is 5.69 Å². The Morgan fingerprint density at radius 2 is 0.874 bits per heavy atom. The lowest BCUT2D eigenvalue weighted by molar-refractivity contribution is 0.332. The second kappa shape index (κ2) is 19.6. The Hall–Kier alpha value is -7.24. The SMILES string of the molecule is CC(C)(C)c1ccc(N(c2ccc(C(C)(C)C)cc2)c2ccc3c(c2)-c2cc(C(C)(C)C)cc4c2B(c2c(oc5cc6c(cc25)C(C)(C)CCC6(C)C)N4c2ccc(C(C)(C)C)cc2-c2ccccc2)N3c2ccc3c(c2)C(C)(C)CCC3(C)C)cc1. The lowest BCUT2D eigenvalue weighted by atomic mass is 9.43. The van der Waals surface area contributed by atoms with E-state index in [9.17, 15) is 0 Å². The molecule has 4 aliphatic rings. The highest BCUT2D eigenvalue weighted by Gasteiger charge is 2.51. The van der Waals surface area contributed by atoms with Gasteiger partial charge in [-0.25, -0.2) is 0 Å². The van der Waals surface area contributed by atoms with Crippen LogP contribution in [0.4, 0.5) is 45.7 Å². The van der Waals surface area contributed by atoms with Crippen LogP contribution in [-0.2, 0) is 43.3 Å². The smallest absolute Gasteiger partial charge is 0.337 e. The van der Waals surface area contributed by atoms with Crippen LogP contribution in [0.15, 0.2) is 162 Å². The first-order valence-electron chi connectivity index (χ1n) is 32.5. The zero-order chi connectivity index (χ0) is 62.1. The molecule has 0 radical (unpaired) electrons. The van der Waals surface area contributed by atoms with Crippen LogP contribution in [0.25, 0.3) is 33.2 Å². The Kier molecular flexibility index (Phi) is 13.3. The summed E-state index contributed by atoms with van der Waals surface area (Å²) in [6, 6.07) is 62.1. The Morgan fingerprint density at radius 1 is 0.391 bits per heavy atom. The van der Waals surface area contributed by atoms with E-state index >= 15 is 0 Å². The summed E-state index contributed by atoms with van der Waals surface area (Å²) in [5, 5.41) is 1.20. The molecule has 2 aliphatic carbocycles. The van der Waals surface area contributed by atoms with Crippen molar-refractivity contribution < 1.29 is 4.42 Å². The topological polar surface area (TPSA) is 22.9 Å². The quantitative estimate of drug-likeness (QED) is 0.155. The molecule has 0 saturated carbocycles. The van der Waals surface area contributed by atoms with Crippen LogP contribution in [0.5, 0.6) is 0 Å². The molecule has 0 spiro atoms. The van der Waals surface area contributed by atoms with Gasteiger partial charge in [-0.3, -0.25) is 4.90 Å².